The third kappa shape index (κ3) is 3.79. The van der Waals surface area contributed by atoms with Crippen molar-refractivity contribution in [1.29, 1.82) is 0 Å². The van der Waals surface area contributed by atoms with Gasteiger partial charge in [0.05, 0.1) is 6.61 Å². The topological polar surface area (TPSA) is 47.3 Å². The summed E-state index contributed by atoms with van der Waals surface area (Å²) < 4.78 is 5.55. The van der Waals surface area contributed by atoms with Crippen molar-refractivity contribution in [3.63, 3.8) is 0 Å². The molecule has 1 fully saturated rings. The Balaban J connectivity index is 2.08. The lowest BCUT2D eigenvalue weighted by Crippen LogP contribution is -2.31. The van der Waals surface area contributed by atoms with E-state index in [-0.39, 0.29) is 0 Å². The molecule has 19 heavy (non-hydrogen) atoms. The summed E-state index contributed by atoms with van der Waals surface area (Å²) in [4.78, 5) is 0. The second kappa shape index (κ2) is 6.69. The predicted molar refractivity (Wildman–Crippen MR) is 81.7 cm³/mol. The maximum Gasteiger partial charge on any atom is 0.123 e. The predicted octanol–water partition coefficient (Wildman–Crippen LogP) is 4.05. The number of hydrogen-bond acceptors (Lipinski definition) is 3. The third-order valence-corrected chi connectivity index (χ3v) is 4.03. The van der Waals surface area contributed by atoms with Crippen LogP contribution in [-0.2, 0) is 0 Å². The molecule has 3 N–H and O–H groups in total. The molecule has 0 aliphatic heterocycles. The fourth-order valence-corrected chi connectivity index (χ4v) is 3.06. The molecule has 0 saturated heterocycles. The standard InChI is InChI=1S/C16H26N2O/c1-3-12-7-5-6-8-16(12)18-14-9-13(17)10-15(11-14)19-4-2/h9-12,16,18H,3-8,17H2,1-2H3. The van der Waals surface area contributed by atoms with Crippen LogP contribution in [0, 0.1) is 5.92 Å². The Kier molecular flexibility index (Phi) is 4.94. The molecule has 1 aliphatic rings. The summed E-state index contributed by atoms with van der Waals surface area (Å²) in [5.74, 6) is 1.64. The molecule has 1 aromatic rings. The van der Waals surface area contributed by atoms with E-state index in [0.717, 1.165) is 23.0 Å². The molecule has 3 nitrogen and oxygen atoms in total. The molecule has 3 heteroatoms. The molecule has 2 unspecified atom stereocenters. The number of nitrogens with one attached hydrogen (secondary N) is 1. The quantitative estimate of drug-likeness (QED) is 0.787. The van der Waals surface area contributed by atoms with Crippen molar-refractivity contribution in [2.75, 3.05) is 17.7 Å². The summed E-state index contributed by atoms with van der Waals surface area (Å²) in [6.07, 6.45) is 6.55. The van der Waals surface area contributed by atoms with Gasteiger partial charge in [-0.3, -0.25) is 0 Å². The first-order chi connectivity index (χ1) is 9.22. The molecule has 0 heterocycles. The molecule has 106 valence electrons. The zero-order valence-electron chi connectivity index (χ0n) is 12.1. The molecule has 2 atom stereocenters. The minimum absolute atomic E-state index is 0.579. The van der Waals surface area contributed by atoms with Crippen LogP contribution in [0.3, 0.4) is 0 Å². The Labute approximate surface area is 116 Å². The number of ether oxygens (including phenoxy) is 1. The fourth-order valence-electron chi connectivity index (χ4n) is 3.06. The Hall–Kier alpha value is -1.38. The Morgan fingerprint density at radius 1 is 1.21 bits per heavy atom. The summed E-state index contributed by atoms with van der Waals surface area (Å²) in [6, 6.07) is 6.52. The Morgan fingerprint density at radius 2 is 2.00 bits per heavy atom. The van der Waals surface area contributed by atoms with Crippen molar-refractivity contribution < 1.29 is 4.74 Å². The number of nitrogen functional groups attached to an aromatic ring is 1. The minimum atomic E-state index is 0.579. The summed E-state index contributed by atoms with van der Waals surface area (Å²) in [5.41, 5.74) is 7.79. The zero-order chi connectivity index (χ0) is 13.7. The highest BCUT2D eigenvalue weighted by Crippen LogP contribution is 2.31. The van der Waals surface area contributed by atoms with Crippen molar-refractivity contribution in [3.8, 4) is 5.75 Å². The number of benzene rings is 1. The van der Waals surface area contributed by atoms with Crippen LogP contribution in [0.1, 0.15) is 46.0 Å². The van der Waals surface area contributed by atoms with E-state index in [1.807, 2.05) is 19.1 Å². The lowest BCUT2D eigenvalue weighted by Gasteiger charge is -2.32. The maximum absolute atomic E-state index is 5.94. The molecule has 1 saturated carbocycles. The van der Waals surface area contributed by atoms with Gasteiger partial charge in [0.1, 0.15) is 5.75 Å². The highest BCUT2D eigenvalue weighted by Gasteiger charge is 2.23. The first-order valence-electron chi connectivity index (χ1n) is 7.52. The van der Waals surface area contributed by atoms with E-state index in [1.54, 1.807) is 0 Å². The van der Waals surface area contributed by atoms with Crippen LogP contribution in [0.25, 0.3) is 0 Å². The molecule has 0 bridgehead atoms. The largest absolute Gasteiger partial charge is 0.494 e. The van der Waals surface area contributed by atoms with Gasteiger partial charge in [-0.15, -0.1) is 0 Å². The molecule has 0 amide bonds. The monoisotopic (exact) mass is 262 g/mol. The molecule has 1 aliphatic carbocycles. The molecular formula is C16H26N2O. The Morgan fingerprint density at radius 3 is 2.74 bits per heavy atom. The van der Waals surface area contributed by atoms with E-state index in [0.29, 0.717) is 12.6 Å². The van der Waals surface area contributed by atoms with E-state index in [4.69, 9.17) is 10.5 Å². The van der Waals surface area contributed by atoms with Gasteiger partial charge in [-0.1, -0.05) is 26.2 Å². The highest BCUT2D eigenvalue weighted by atomic mass is 16.5. The van der Waals surface area contributed by atoms with Crippen LogP contribution >= 0.6 is 0 Å². The van der Waals surface area contributed by atoms with E-state index in [1.165, 1.54) is 32.1 Å². The van der Waals surface area contributed by atoms with Gasteiger partial charge in [0.2, 0.25) is 0 Å². The minimum Gasteiger partial charge on any atom is -0.494 e. The first-order valence-corrected chi connectivity index (χ1v) is 7.52. The first kappa shape index (κ1) is 14.0. The van der Waals surface area contributed by atoms with Crippen LogP contribution in [0.4, 0.5) is 11.4 Å². The highest BCUT2D eigenvalue weighted by molar-refractivity contribution is 5.59. The van der Waals surface area contributed by atoms with Crippen molar-refractivity contribution in [1.82, 2.24) is 0 Å². The molecule has 1 aromatic carbocycles. The van der Waals surface area contributed by atoms with Gasteiger partial charge in [-0.2, -0.15) is 0 Å². The van der Waals surface area contributed by atoms with E-state index in [2.05, 4.69) is 18.3 Å². The lowest BCUT2D eigenvalue weighted by molar-refractivity contribution is 0.317. The number of rotatable bonds is 5. The molecule has 0 aromatic heterocycles. The van der Waals surface area contributed by atoms with Crippen LogP contribution in [0.5, 0.6) is 5.75 Å². The normalized spacial score (nSPS) is 23.1. The van der Waals surface area contributed by atoms with E-state index < -0.39 is 0 Å². The van der Waals surface area contributed by atoms with E-state index >= 15 is 0 Å². The summed E-state index contributed by atoms with van der Waals surface area (Å²) in [5, 5.41) is 3.66. The van der Waals surface area contributed by atoms with Crippen LogP contribution in [-0.4, -0.2) is 12.6 Å². The SMILES string of the molecule is CCOc1cc(N)cc(NC2CCCCC2CC)c1. The molecule has 0 spiro atoms. The smallest absolute Gasteiger partial charge is 0.123 e. The van der Waals surface area contributed by atoms with Crippen molar-refractivity contribution in [2.24, 2.45) is 5.92 Å². The summed E-state index contributed by atoms with van der Waals surface area (Å²) in [7, 11) is 0. The van der Waals surface area contributed by atoms with Crippen molar-refractivity contribution >= 4 is 11.4 Å². The van der Waals surface area contributed by atoms with Gasteiger partial charge in [-0.05, 0) is 31.7 Å². The van der Waals surface area contributed by atoms with Crippen molar-refractivity contribution in [2.45, 2.75) is 52.0 Å². The number of hydrogen-bond donors (Lipinski definition) is 2. The van der Waals surface area contributed by atoms with Gasteiger partial charge in [0.15, 0.2) is 0 Å². The third-order valence-electron chi connectivity index (χ3n) is 4.03. The summed E-state index contributed by atoms with van der Waals surface area (Å²) >= 11 is 0. The molecule has 0 radical (unpaired) electrons. The van der Waals surface area contributed by atoms with Crippen LogP contribution < -0.4 is 15.8 Å². The van der Waals surface area contributed by atoms with E-state index in [9.17, 15) is 0 Å². The Bertz CT molecular complexity index is 406. The van der Waals surface area contributed by atoms with Gasteiger partial charge >= 0.3 is 0 Å². The fraction of sp³-hybridized carbons (Fsp3) is 0.625. The van der Waals surface area contributed by atoms with Gasteiger partial charge in [-0.25, -0.2) is 0 Å². The summed E-state index contributed by atoms with van der Waals surface area (Å²) in [6.45, 7) is 4.95. The second-order valence-electron chi connectivity index (χ2n) is 5.43. The van der Waals surface area contributed by atoms with Gasteiger partial charge in [0.25, 0.3) is 0 Å². The van der Waals surface area contributed by atoms with Gasteiger partial charge in [0, 0.05) is 29.5 Å². The van der Waals surface area contributed by atoms with Crippen LogP contribution in [0.15, 0.2) is 18.2 Å². The number of nitrogens with two attached hydrogens (primary N) is 1. The second-order valence-corrected chi connectivity index (χ2v) is 5.43. The van der Waals surface area contributed by atoms with Gasteiger partial charge < -0.3 is 15.8 Å². The average Bonchev–Trinajstić information content (AvgIpc) is 2.39. The number of anilines is 2. The molecular weight excluding hydrogens is 236 g/mol. The zero-order valence-corrected chi connectivity index (χ0v) is 12.1. The van der Waals surface area contributed by atoms with Crippen molar-refractivity contribution in [3.05, 3.63) is 18.2 Å². The van der Waals surface area contributed by atoms with Crippen LogP contribution in [0.2, 0.25) is 0 Å². The molecule has 2 rings (SSSR count). The lowest BCUT2D eigenvalue weighted by atomic mass is 9.83. The maximum atomic E-state index is 5.94. The average molecular weight is 262 g/mol.